The zero-order chi connectivity index (χ0) is 10.6. The maximum atomic E-state index is 11.4. The van der Waals surface area contributed by atoms with Crippen molar-refractivity contribution in [3.63, 3.8) is 0 Å². The van der Waals surface area contributed by atoms with E-state index in [2.05, 4.69) is 11.9 Å². The molecule has 1 aliphatic heterocycles. The Morgan fingerprint density at radius 1 is 1.43 bits per heavy atom. The van der Waals surface area contributed by atoms with Crippen LogP contribution in [0.5, 0.6) is 0 Å². The maximum Gasteiger partial charge on any atom is 0.306 e. The van der Waals surface area contributed by atoms with Crippen molar-refractivity contribution in [3.8, 4) is 0 Å². The Morgan fingerprint density at radius 3 is 2.50 bits per heavy atom. The van der Waals surface area contributed by atoms with E-state index >= 15 is 0 Å². The number of carbonyl (C=O) groups excluding carboxylic acids is 1. The van der Waals surface area contributed by atoms with Gasteiger partial charge in [-0.2, -0.15) is 0 Å². The average molecular weight is 199 g/mol. The van der Waals surface area contributed by atoms with Crippen molar-refractivity contribution in [3.05, 3.63) is 0 Å². The zero-order valence-corrected chi connectivity index (χ0v) is 9.45. The molecule has 1 fully saturated rings. The lowest BCUT2D eigenvalue weighted by atomic mass is 9.94. The summed E-state index contributed by atoms with van der Waals surface area (Å²) in [5, 5.41) is 0. The minimum atomic E-state index is -0.0328. The van der Waals surface area contributed by atoms with Crippen molar-refractivity contribution in [1.82, 2.24) is 4.90 Å². The molecule has 1 heterocycles. The van der Waals surface area contributed by atoms with Crippen LogP contribution in [0.3, 0.4) is 0 Å². The number of piperidine rings is 1. The van der Waals surface area contributed by atoms with Crippen molar-refractivity contribution in [1.29, 1.82) is 0 Å². The molecule has 14 heavy (non-hydrogen) atoms. The summed E-state index contributed by atoms with van der Waals surface area (Å²) < 4.78 is 5.13. The first kappa shape index (κ1) is 11.5. The number of likely N-dealkylation sites (tertiary alicyclic amines) is 1. The largest absolute Gasteiger partial charge is 0.463 e. The first-order valence-corrected chi connectivity index (χ1v) is 5.46. The molecule has 3 nitrogen and oxygen atoms in total. The summed E-state index contributed by atoms with van der Waals surface area (Å²) in [5.74, 6) is 0.506. The van der Waals surface area contributed by atoms with Gasteiger partial charge in [0.15, 0.2) is 0 Å². The fourth-order valence-corrected chi connectivity index (χ4v) is 1.81. The third kappa shape index (κ3) is 4.09. The van der Waals surface area contributed by atoms with Crippen molar-refractivity contribution < 1.29 is 9.53 Å². The molecule has 3 heteroatoms. The summed E-state index contributed by atoms with van der Waals surface area (Å²) in [6.07, 6.45) is 2.88. The second-order valence-electron chi connectivity index (χ2n) is 4.49. The molecule has 1 rings (SSSR count). The standard InChI is InChI=1S/C11H21NO2/c1-9(2)14-11(13)8-10-4-6-12(3)7-5-10/h9-10H,4-8H2,1-3H3. The Balaban J connectivity index is 2.20. The van der Waals surface area contributed by atoms with Gasteiger partial charge in [0.25, 0.3) is 0 Å². The van der Waals surface area contributed by atoms with Gasteiger partial charge in [-0.3, -0.25) is 4.79 Å². The second kappa shape index (κ2) is 5.35. The normalized spacial score (nSPS) is 20.0. The molecule has 0 spiro atoms. The summed E-state index contributed by atoms with van der Waals surface area (Å²) >= 11 is 0. The van der Waals surface area contributed by atoms with Gasteiger partial charge in [-0.1, -0.05) is 0 Å². The lowest BCUT2D eigenvalue weighted by molar-refractivity contribution is -0.148. The van der Waals surface area contributed by atoms with E-state index in [1.54, 1.807) is 0 Å². The van der Waals surface area contributed by atoms with E-state index in [0.29, 0.717) is 12.3 Å². The second-order valence-corrected chi connectivity index (χ2v) is 4.49. The van der Waals surface area contributed by atoms with Crippen LogP contribution in [-0.2, 0) is 9.53 Å². The van der Waals surface area contributed by atoms with Crippen molar-refractivity contribution in [2.75, 3.05) is 20.1 Å². The fourth-order valence-electron chi connectivity index (χ4n) is 1.81. The summed E-state index contributed by atoms with van der Waals surface area (Å²) in [7, 11) is 2.13. The maximum absolute atomic E-state index is 11.4. The highest BCUT2D eigenvalue weighted by atomic mass is 16.5. The Bertz CT molecular complexity index is 184. The molecule has 0 unspecified atom stereocenters. The highest BCUT2D eigenvalue weighted by molar-refractivity contribution is 5.69. The van der Waals surface area contributed by atoms with Gasteiger partial charge in [-0.15, -0.1) is 0 Å². The zero-order valence-electron chi connectivity index (χ0n) is 9.45. The summed E-state index contributed by atoms with van der Waals surface area (Å²) in [5.41, 5.74) is 0. The highest BCUT2D eigenvalue weighted by Crippen LogP contribution is 2.20. The van der Waals surface area contributed by atoms with Crippen molar-refractivity contribution in [2.45, 2.75) is 39.2 Å². The Morgan fingerprint density at radius 2 is 2.00 bits per heavy atom. The molecule has 0 aliphatic carbocycles. The van der Waals surface area contributed by atoms with E-state index in [1.807, 2.05) is 13.8 Å². The predicted octanol–water partition coefficient (Wildman–Crippen LogP) is 1.67. The molecule has 82 valence electrons. The van der Waals surface area contributed by atoms with E-state index in [-0.39, 0.29) is 12.1 Å². The molecule has 0 radical (unpaired) electrons. The van der Waals surface area contributed by atoms with E-state index in [0.717, 1.165) is 25.9 Å². The van der Waals surface area contributed by atoms with Crippen LogP contribution in [0.25, 0.3) is 0 Å². The molecular formula is C11H21NO2. The predicted molar refractivity (Wildman–Crippen MR) is 56.1 cm³/mol. The molecule has 1 saturated heterocycles. The number of esters is 1. The number of hydrogen-bond donors (Lipinski definition) is 0. The van der Waals surface area contributed by atoms with Gasteiger partial charge in [-0.25, -0.2) is 0 Å². The van der Waals surface area contributed by atoms with Gasteiger partial charge in [0.05, 0.1) is 6.10 Å². The molecule has 0 aromatic heterocycles. The molecule has 0 N–H and O–H groups in total. The van der Waals surface area contributed by atoms with Gasteiger partial charge < -0.3 is 9.64 Å². The summed E-state index contributed by atoms with van der Waals surface area (Å²) in [6, 6.07) is 0. The Labute approximate surface area is 86.4 Å². The molecule has 0 aromatic rings. The SMILES string of the molecule is CC(C)OC(=O)CC1CCN(C)CC1. The van der Waals surface area contributed by atoms with Gasteiger partial charge in [0.2, 0.25) is 0 Å². The quantitative estimate of drug-likeness (QED) is 0.648. The Hall–Kier alpha value is -0.570. The monoisotopic (exact) mass is 199 g/mol. The van der Waals surface area contributed by atoms with E-state index in [9.17, 15) is 4.79 Å². The molecule has 0 atom stereocenters. The molecule has 0 bridgehead atoms. The van der Waals surface area contributed by atoms with Gasteiger partial charge in [0.1, 0.15) is 0 Å². The molecule has 1 aliphatic rings. The summed E-state index contributed by atoms with van der Waals surface area (Å²) in [6.45, 7) is 6.01. The smallest absolute Gasteiger partial charge is 0.306 e. The van der Waals surface area contributed by atoms with Crippen LogP contribution in [0.1, 0.15) is 33.1 Å². The van der Waals surface area contributed by atoms with E-state index in [4.69, 9.17) is 4.74 Å². The highest BCUT2D eigenvalue weighted by Gasteiger charge is 2.20. The number of carbonyl (C=O) groups is 1. The number of nitrogens with zero attached hydrogens (tertiary/aromatic N) is 1. The van der Waals surface area contributed by atoms with Crippen LogP contribution >= 0.6 is 0 Å². The number of rotatable bonds is 3. The van der Waals surface area contributed by atoms with E-state index < -0.39 is 0 Å². The fraction of sp³-hybridized carbons (Fsp3) is 0.909. The topological polar surface area (TPSA) is 29.5 Å². The number of ether oxygens (including phenoxy) is 1. The summed E-state index contributed by atoms with van der Waals surface area (Å²) in [4.78, 5) is 13.7. The third-order valence-electron chi connectivity index (χ3n) is 2.66. The molecule has 0 amide bonds. The van der Waals surface area contributed by atoms with Crippen LogP contribution in [0.2, 0.25) is 0 Å². The van der Waals surface area contributed by atoms with Gasteiger partial charge >= 0.3 is 5.97 Å². The van der Waals surface area contributed by atoms with Crippen LogP contribution in [-0.4, -0.2) is 37.1 Å². The first-order valence-electron chi connectivity index (χ1n) is 5.46. The lowest BCUT2D eigenvalue weighted by Gasteiger charge is -2.28. The van der Waals surface area contributed by atoms with Gasteiger partial charge in [-0.05, 0) is 52.7 Å². The molecular weight excluding hydrogens is 178 g/mol. The minimum absolute atomic E-state index is 0.0220. The molecule has 0 saturated carbocycles. The minimum Gasteiger partial charge on any atom is -0.463 e. The van der Waals surface area contributed by atoms with Crippen LogP contribution < -0.4 is 0 Å². The Kier molecular flexibility index (Phi) is 4.39. The lowest BCUT2D eigenvalue weighted by Crippen LogP contribution is -2.31. The first-order chi connectivity index (χ1) is 6.58. The van der Waals surface area contributed by atoms with Crippen molar-refractivity contribution in [2.24, 2.45) is 5.92 Å². The van der Waals surface area contributed by atoms with Gasteiger partial charge in [0, 0.05) is 6.42 Å². The van der Waals surface area contributed by atoms with Crippen LogP contribution in [0.4, 0.5) is 0 Å². The number of hydrogen-bond acceptors (Lipinski definition) is 3. The van der Waals surface area contributed by atoms with Crippen LogP contribution in [0, 0.1) is 5.92 Å². The average Bonchev–Trinajstić information content (AvgIpc) is 2.07. The van der Waals surface area contributed by atoms with Crippen molar-refractivity contribution >= 4 is 5.97 Å². The van der Waals surface area contributed by atoms with E-state index in [1.165, 1.54) is 0 Å². The molecule has 0 aromatic carbocycles. The van der Waals surface area contributed by atoms with Crippen LogP contribution in [0.15, 0.2) is 0 Å². The third-order valence-corrected chi connectivity index (χ3v) is 2.66.